The van der Waals surface area contributed by atoms with Crippen molar-refractivity contribution in [1.82, 2.24) is 9.13 Å². The summed E-state index contributed by atoms with van der Waals surface area (Å²) in [5, 5.41) is 7.71. The van der Waals surface area contributed by atoms with E-state index < -0.39 is 0 Å². The third-order valence-corrected chi connectivity index (χ3v) is 7.48. The molecular formula is C34H22N2. The molecule has 0 aliphatic heterocycles. The number of nitrogens with zero attached hydrogens (tertiary/aromatic N) is 2. The molecule has 0 unspecified atom stereocenters. The Kier molecular flexibility index (Phi) is 3.97. The first-order valence-electron chi connectivity index (χ1n) is 12.4. The molecule has 0 amide bonds. The zero-order valence-corrected chi connectivity index (χ0v) is 19.6. The predicted octanol–water partition coefficient (Wildman–Crippen LogP) is 9.03. The lowest BCUT2D eigenvalue weighted by Gasteiger charge is -2.10. The summed E-state index contributed by atoms with van der Waals surface area (Å²) >= 11 is 0. The quantitative estimate of drug-likeness (QED) is 0.244. The Balaban J connectivity index is 1.66. The average molecular weight is 459 g/mol. The third-order valence-electron chi connectivity index (χ3n) is 7.48. The molecule has 0 bridgehead atoms. The van der Waals surface area contributed by atoms with Crippen LogP contribution in [0.1, 0.15) is 0 Å². The average Bonchev–Trinajstić information content (AvgIpc) is 3.47. The van der Waals surface area contributed by atoms with E-state index in [1.54, 1.807) is 0 Å². The molecule has 0 fully saturated rings. The lowest BCUT2D eigenvalue weighted by Crippen LogP contribution is -1.94. The first-order chi connectivity index (χ1) is 17.9. The molecule has 6 aromatic carbocycles. The highest BCUT2D eigenvalue weighted by Gasteiger charge is 2.21. The number of aromatic nitrogens is 2. The summed E-state index contributed by atoms with van der Waals surface area (Å²) in [6.45, 7) is 0. The second-order valence-electron chi connectivity index (χ2n) is 9.40. The fourth-order valence-electron chi connectivity index (χ4n) is 6.03. The van der Waals surface area contributed by atoms with E-state index in [0.29, 0.717) is 0 Å². The number of hydrogen-bond acceptors (Lipinski definition) is 0. The van der Waals surface area contributed by atoms with Gasteiger partial charge in [0.25, 0.3) is 0 Å². The highest BCUT2D eigenvalue weighted by Crippen LogP contribution is 2.43. The van der Waals surface area contributed by atoms with Gasteiger partial charge in [0.15, 0.2) is 0 Å². The third kappa shape index (κ3) is 2.56. The normalized spacial score (nSPS) is 11.9. The van der Waals surface area contributed by atoms with Gasteiger partial charge >= 0.3 is 0 Å². The van der Waals surface area contributed by atoms with Crippen LogP contribution in [0.25, 0.3) is 65.8 Å². The van der Waals surface area contributed by atoms with Crippen LogP contribution in [0.3, 0.4) is 0 Å². The molecule has 0 aliphatic carbocycles. The zero-order valence-electron chi connectivity index (χ0n) is 19.6. The first-order valence-corrected chi connectivity index (χ1v) is 12.4. The smallest absolute Gasteiger partial charge is 0.0619 e. The van der Waals surface area contributed by atoms with Crippen molar-refractivity contribution in [2.24, 2.45) is 0 Å². The Labute approximate surface area is 208 Å². The number of para-hydroxylation sites is 3. The molecule has 0 saturated carbocycles. The summed E-state index contributed by atoms with van der Waals surface area (Å²) in [5.41, 5.74) is 7.32. The molecule has 8 aromatic rings. The molecule has 0 spiro atoms. The van der Waals surface area contributed by atoms with Crippen LogP contribution in [0.4, 0.5) is 0 Å². The van der Waals surface area contributed by atoms with Gasteiger partial charge in [0.05, 0.1) is 22.1 Å². The van der Waals surface area contributed by atoms with E-state index in [4.69, 9.17) is 0 Å². The van der Waals surface area contributed by atoms with Gasteiger partial charge in [-0.2, -0.15) is 0 Å². The van der Waals surface area contributed by atoms with Crippen molar-refractivity contribution in [1.29, 1.82) is 0 Å². The van der Waals surface area contributed by atoms with Gasteiger partial charge < -0.3 is 9.13 Å². The van der Waals surface area contributed by atoms with E-state index in [1.807, 2.05) is 0 Å². The number of hydrogen-bond donors (Lipinski definition) is 0. The SMILES string of the molecule is c1ccc(-n2c3ccccc3c3c4c5ccc6ccccc6c5n(-c5ccccc5)c4ccc32)cc1. The molecule has 0 radical (unpaired) electrons. The molecule has 8 rings (SSSR count). The van der Waals surface area contributed by atoms with Crippen LogP contribution in [0.2, 0.25) is 0 Å². The standard InChI is InChI=1S/C34H22N2/c1-3-12-24(13-4-1)35-29-18-10-9-17-27(29)32-30(35)21-22-31-33(32)28-20-19-23-11-7-8-16-26(23)34(28)36(31)25-14-5-2-6-15-25/h1-22H. The summed E-state index contributed by atoms with van der Waals surface area (Å²) < 4.78 is 4.85. The highest BCUT2D eigenvalue weighted by atomic mass is 15.0. The minimum Gasteiger partial charge on any atom is -0.309 e. The van der Waals surface area contributed by atoms with Crippen molar-refractivity contribution >= 4 is 54.4 Å². The maximum Gasteiger partial charge on any atom is 0.0619 e. The highest BCUT2D eigenvalue weighted by molar-refractivity contribution is 6.31. The van der Waals surface area contributed by atoms with Gasteiger partial charge in [0.2, 0.25) is 0 Å². The van der Waals surface area contributed by atoms with Gasteiger partial charge in [-0.05, 0) is 47.9 Å². The maximum atomic E-state index is 2.45. The van der Waals surface area contributed by atoms with E-state index in [-0.39, 0.29) is 0 Å². The van der Waals surface area contributed by atoms with Gasteiger partial charge in [-0.3, -0.25) is 0 Å². The van der Waals surface area contributed by atoms with Crippen molar-refractivity contribution in [3.05, 3.63) is 133 Å². The summed E-state index contributed by atoms with van der Waals surface area (Å²) in [4.78, 5) is 0. The summed E-state index contributed by atoms with van der Waals surface area (Å²) in [6.07, 6.45) is 0. The monoisotopic (exact) mass is 458 g/mol. The molecule has 168 valence electrons. The fraction of sp³-hybridized carbons (Fsp3) is 0. The van der Waals surface area contributed by atoms with E-state index >= 15 is 0 Å². The lowest BCUT2D eigenvalue weighted by atomic mass is 10.0. The van der Waals surface area contributed by atoms with E-state index in [1.165, 1.54) is 65.8 Å². The minimum absolute atomic E-state index is 1.18. The van der Waals surface area contributed by atoms with Crippen LogP contribution < -0.4 is 0 Å². The Morgan fingerprint density at radius 2 is 0.889 bits per heavy atom. The van der Waals surface area contributed by atoms with Gasteiger partial charge in [-0.15, -0.1) is 0 Å². The van der Waals surface area contributed by atoms with Crippen molar-refractivity contribution in [3.63, 3.8) is 0 Å². The minimum atomic E-state index is 1.18. The molecule has 0 aliphatic rings. The molecule has 2 nitrogen and oxygen atoms in total. The molecule has 0 N–H and O–H groups in total. The van der Waals surface area contributed by atoms with E-state index in [9.17, 15) is 0 Å². The molecule has 0 saturated heterocycles. The molecule has 2 heterocycles. The Hall–Kier alpha value is -4.82. The van der Waals surface area contributed by atoms with Crippen molar-refractivity contribution in [3.8, 4) is 11.4 Å². The van der Waals surface area contributed by atoms with Crippen LogP contribution in [0.15, 0.2) is 133 Å². The van der Waals surface area contributed by atoms with Crippen molar-refractivity contribution in [2.45, 2.75) is 0 Å². The molecule has 2 heteroatoms. The lowest BCUT2D eigenvalue weighted by molar-refractivity contribution is 1.17. The van der Waals surface area contributed by atoms with Crippen LogP contribution in [-0.4, -0.2) is 9.13 Å². The molecule has 36 heavy (non-hydrogen) atoms. The Bertz CT molecular complexity index is 2080. The Morgan fingerprint density at radius 3 is 1.64 bits per heavy atom. The van der Waals surface area contributed by atoms with Crippen LogP contribution in [0.5, 0.6) is 0 Å². The zero-order chi connectivity index (χ0) is 23.6. The van der Waals surface area contributed by atoms with Gasteiger partial charge in [-0.25, -0.2) is 0 Å². The fourth-order valence-corrected chi connectivity index (χ4v) is 6.03. The number of rotatable bonds is 2. The summed E-state index contributed by atoms with van der Waals surface area (Å²) in [6, 6.07) is 48.1. The topological polar surface area (TPSA) is 9.86 Å². The van der Waals surface area contributed by atoms with Crippen LogP contribution >= 0.6 is 0 Å². The Morgan fingerprint density at radius 1 is 0.333 bits per heavy atom. The largest absolute Gasteiger partial charge is 0.309 e. The number of benzene rings is 6. The van der Waals surface area contributed by atoms with Crippen LogP contribution in [0, 0.1) is 0 Å². The van der Waals surface area contributed by atoms with Gasteiger partial charge in [0, 0.05) is 38.3 Å². The maximum absolute atomic E-state index is 2.45. The van der Waals surface area contributed by atoms with Gasteiger partial charge in [-0.1, -0.05) is 91.0 Å². The van der Waals surface area contributed by atoms with E-state index in [0.717, 1.165) is 0 Å². The van der Waals surface area contributed by atoms with E-state index in [2.05, 4.69) is 143 Å². The van der Waals surface area contributed by atoms with Crippen molar-refractivity contribution < 1.29 is 0 Å². The second-order valence-corrected chi connectivity index (χ2v) is 9.40. The van der Waals surface area contributed by atoms with Gasteiger partial charge in [0.1, 0.15) is 0 Å². The second kappa shape index (κ2) is 7.34. The molecular weight excluding hydrogens is 436 g/mol. The molecule has 2 aromatic heterocycles. The predicted molar refractivity (Wildman–Crippen MR) is 153 cm³/mol. The first kappa shape index (κ1) is 19.5. The van der Waals surface area contributed by atoms with Crippen molar-refractivity contribution in [2.75, 3.05) is 0 Å². The summed E-state index contributed by atoms with van der Waals surface area (Å²) in [5.74, 6) is 0. The molecule has 0 atom stereocenters. The summed E-state index contributed by atoms with van der Waals surface area (Å²) in [7, 11) is 0. The number of fused-ring (bicyclic) bond motifs is 9. The van der Waals surface area contributed by atoms with Crippen LogP contribution in [-0.2, 0) is 0 Å².